The van der Waals surface area contributed by atoms with Gasteiger partial charge in [-0.1, -0.05) is 25.4 Å². The van der Waals surface area contributed by atoms with Crippen molar-refractivity contribution in [2.75, 3.05) is 6.61 Å². The van der Waals surface area contributed by atoms with E-state index < -0.39 is 5.54 Å². The predicted molar refractivity (Wildman–Crippen MR) is 67.1 cm³/mol. The average molecular weight is 257 g/mol. The van der Waals surface area contributed by atoms with Crippen LogP contribution in [0.2, 0.25) is 5.02 Å². The molecule has 1 rings (SSSR count). The van der Waals surface area contributed by atoms with Gasteiger partial charge in [0.1, 0.15) is 5.69 Å². The SMILES string of the molecule is CCC(CC)(CO)NC(=O)c1ccc(Cl)cn1. The van der Waals surface area contributed by atoms with Gasteiger partial charge in [-0.05, 0) is 25.0 Å². The quantitative estimate of drug-likeness (QED) is 0.847. The van der Waals surface area contributed by atoms with Crippen molar-refractivity contribution in [3.63, 3.8) is 0 Å². The van der Waals surface area contributed by atoms with Crippen LogP contribution in [0, 0.1) is 0 Å². The molecule has 4 nitrogen and oxygen atoms in total. The number of nitrogens with zero attached hydrogens (tertiary/aromatic N) is 1. The van der Waals surface area contributed by atoms with Crippen molar-refractivity contribution in [1.29, 1.82) is 0 Å². The maximum atomic E-state index is 11.9. The standard InChI is InChI=1S/C12H17ClN2O2/c1-3-12(4-2,8-16)15-11(17)10-6-5-9(13)7-14-10/h5-7,16H,3-4,8H2,1-2H3,(H,15,17). The second-order valence-electron chi connectivity index (χ2n) is 3.96. The molecule has 0 aromatic carbocycles. The van der Waals surface area contributed by atoms with Crippen molar-refractivity contribution in [3.05, 3.63) is 29.0 Å². The smallest absolute Gasteiger partial charge is 0.270 e. The highest BCUT2D eigenvalue weighted by atomic mass is 35.5. The van der Waals surface area contributed by atoms with Crippen LogP contribution in [0.5, 0.6) is 0 Å². The number of pyridine rings is 1. The van der Waals surface area contributed by atoms with Gasteiger partial charge in [-0.15, -0.1) is 0 Å². The lowest BCUT2D eigenvalue weighted by Gasteiger charge is -2.30. The first kappa shape index (κ1) is 13.9. The fourth-order valence-electron chi connectivity index (χ4n) is 1.50. The van der Waals surface area contributed by atoms with Crippen LogP contribution in [-0.4, -0.2) is 28.1 Å². The second-order valence-corrected chi connectivity index (χ2v) is 4.40. The first-order valence-corrected chi connectivity index (χ1v) is 5.99. The van der Waals surface area contributed by atoms with Crippen LogP contribution in [0.1, 0.15) is 37.2 Å². The van der Waals surface area contributed by atoms with Gasteiger partial charge in [0, 0.05) is 6.20 Å². The Balaban J connectivity index is 2.81. The molecule has 0 bridgehead atoms. The van der Waals surface area contributed by atoms with Gasteiger partial charge in [0.25, 0.3) is 5.91 Å². The summed E-state index contributed by atoms with van der Waals surface area (Å²) in [6, 6.07) is 3.17. The number of carbonyl (C=O) groups excluding carboxylic acids is 1. The summed E-state index contributed by atoms with van der Waals surface area (Å²) in [4.78, 5) is 15.9. The summed E-state index contributed by atoms with van der Waals surface area (Å²) < 4.78 is 0. The minimum atomic E-state index is -0.571. The maximum absolute atomic E-state index is 11.9. The Morgan fingerprint density at radius 2 is 2.12 bits per heavy atom. The normalized spacial score (nSPS) is 11.3. The number of aliphatic hydroxyl groups excluding tert-OH is 1. The van der Waals surface area contributed by atoms with E-state index in [0.717, 1.165) is 0 Å². The highest BCUT2D eigenvalue weighted by molar-refractivity contribution is 6.30. The van der Waals surface area contributed by atoms with Crippen molar-refractivity contribution >= 4 is 17.5 Å². The van der Waals surface area contributed by atoms with Gasteiger partial charge < -0.3 is 10.4 Å². The number of carbonyl (C=O) groups is 1. The van der Waals surface area contributed by atoms with Gasteiger partial charge in [-0.2, -0.15) is 0 Å². The Hall–Kier alpha value is -1.13. The van der Waals surface area contributed by atoms with Crippen molar-refractivity contribution < 1.29 is 9.90 Å². The fraction of sp³-hybridized carbons (Fsp3) is 0.500. The number of hydrogen-bond donors (Lipinski definition) is 2. The molecule has 1 aromatic heterocycles. The highest BCUT2D eigenvalue weighted by Crippen LogP contribution is 2.15. The lowest BCUT2D eigenvalue weighted by Crippen LogP contribution is -2.50. The molecule has 0 aliphatic rings. The minimum absolute atomic E-state index is 0.0840. The summed E-state index contributed by atoms with van der Waals surface area (Å²) in [7, 11) is 0. The van der Waals surface area contributed by atoms with Crippen LogP contribution in [0.15, 0.2) is 18.3 Å². The molecule has 2 N–H and O–H groups in total. The monoisotopic (exact) mass is 256 g/mol. The van der Waals surface area contributed by atoms with Crippen molar-refractivity contribution in [2.45, 2.75) is 32.2 Å². The molecule has 0 radical (unpaired) electrons. The summed E-state index contributed by atoms with van der Waals surface area (Å²) in [5.41, 5.74) is -0.271. The number of rotatable bonds is 5. The summed E-state index contributed by atoms with van der Waals surface area (Å²) in [6.45, 7) is 3.77. The first-order valence-electron chi connectivity index (χ1n) is 5.62. The van der Waals surface area contributed by atoms with E-state index >= 15 is 0 Å². The van der Waals surface area contributed by atoms with E-state index in [-0.39, 0.29) is 12.5 Å². The number of aromatic nitrogens is 1. The molecule has 0 aliphatic heterocycles. The zero-order valence-electron chi connectivity index (χ0n) is 10.0. The van der Waals surface area contributed by atoms with E-state index in [4.69, 9.17) is 11.6 Å². The van der Waals surface area contributed by atoms with Crippen molar-refractivity contribution in [3.8, 4) is 0 Å². The van der Waals surface area contributed by atoms with Crippen molar-refractivity contribution in [2.24, 2.45) is 0 Å². The lowest BCUT2D eigenvalue weighted by molar-refractivity contribution is 0.0813. The van der Waals surface area contributed by atoms with Crippen LogP contribution < -0.4 is 5.32 Å². The molecule has 1 aromatic rings. The van der Waals surface area contributed by atoms with E-state index in [9.17, 15) is 9.90 Å². The van der Waals surface area contributed by atoms with Gasteiger partial charge in [0.15, 0.2) is 0 Å². The van der Waals surface area contributed by atoms with E-state index in [1.165, 1.54) is 6.20 Å². The van der Waals surface area contributed by atoms with Crippen LogP contribution in [0.25, 0.3) is 0 Å². The van der Waals surface area contributed by atoms with Gasteiger partial charge in [0.05, 0.1) is 17.2 Å². The Morgan fingerprint density at radius 1 is 1.47 bits per heavy atom. The minimum Gasteiger partial charge on any atom is -0.394 e. The molecule has 0 fully saturated rings. The third-order valence-electron chi connectivity index (χ3n) is 2.99. The Labute approximate surface area is 106 Å². The van der Waals surface area contributed by atoms with Gasteiger partial charge in [-0.25, -0.2) is 4.98 Å². The Morgan fingerprint density at radius 3 is 2.53 bits per heavy atom. The van der Waals surface area contributed by atoms with Crippen molar-refractivity contribution in [1.82, 2.24) is 10.3 Å². The molecular weight excluding hydrogens is 240 g/mol. The Bertz CT molecular complexity index is 366. The molecule has 0 saturated heterocycles. The van der Waals surface area contributed by atoms with Crippen LogP contribution in [-0.2, 0) is 0 Å². The molecule has 0 spiro atoms. The molecule has 1 heterocycles. The molecule has 0 saturated carbocycles. The average Bonchev–Trinajstić information content (AvgIpc) is 2.37. The Kier molecular flexibility index (Phi) is 4.90. The number of halogens is 1. The largest absolute Gasteiger partial charge is 0.394 e. The van der Waals surface area contributed by atoms with E-state index in [2.05, 4.69) is 10.3 Å². The van der Waals surface area contributed by atoms with Gasteiger partial charge >= 0.3 is 0 Å². The third-order valence-corrected chi connectivity index (χ3v) is 3.22. The fourth-order valence-corrected chi connectivity index (χ4v) is 1.62. The molecular formula is C12H17ClN2O2. The predicted octanol–water partition coefficient (Wildman–Crippen LogP) is 2.02. The number of hydrogen-bond acceptors (Lipinski definition) is 3. The molecule has 0 atom stereocenters. The van der Waals surface area contributed by atoms with Crippen LogP contribution in [0.3, 0.4) is 0 Å². The number of nitrogens with one attached hydrogen (secondary N) is 1. The molecule has 94 valence electrons. The zero-order chi connectivity index (χ0) is 12.9. The van der Waals surface area contributed by atoms with E-state index in [0.29, 0.717) is 23.6 Å². The molecule has 5 heteroatoms. The van der Waals surface area contributed by atoms with E-state index in [1.807, 2.05) is 13.8 Å². The molecule has 17 heavy (non-hydrogen) atoms. The lowest BCUT2D eigenvalue weighted by atomic mass is 9.93. The number of aliphatic hydroxyl groups is 1. The first-order chi connectivity index (χ1) is 8.06. The summed E-state index contributed by atoms with van der Waals surface area (Å²) in [6.07, 6.45) is 2.76. The second kappa shape index (κ2) is 5.98. The maximum Gasteiger partial charge on any atom is 0.270 e. The van der Waals surface area contributed by atoms with E-state index in [1.54, 1.807) is 12.1 Å². The van der Waals surface area contributed by atoms with Gasteiger partial charge in [0.2, 0.25) is 0 Å². The van der Waals surface area contributed by atoms with Gasteiger partial charge in [-0.3, -0.25) is 4.79 Å². The molecule has 0 unspecified atom stereocenters. The van der Waals surface area contributed by atoms with Crippen LogP contribution >= 0.6 is 11.6 Å². The molecule has 0 aliphatic carbocycles. The highest BCUT2D eigenvalue weighted by Gasteiger charge is 2.27. The zero-order valence-corrected chi connectivity index (χ0v) is 10.8. The third kappa shape index (κ3) is 3.41. The topological polar surface area (TPSA) is 62.2 Å². The number of amides is 1. The molecule has 1 amide bonds. The van der Waals surface area contributed by atoms with Crippen LogP contribution in [0.4, 0.5) is 0 Å². The summed E-state index contributed by atoms with van der Waals surface area (Å²) in [5.74, 6) is -0.292. The summed E-state index contributed by atoms with van der Waals surface area (Å²) in [5, 5.41) is 12.7. The summed E-state index contributed by atoms with van der Waals surface area (Å²) >= 11 is 5.70.